The topological polar surface area (TPSA) is 182 Å². The van der Waals surface area contributed by atoms with E-state index in [1.54, 1.807) is 6.07 Å². The number of aromatic hydroxyl groups is 1. The molecule has 0 aromatic heterocycles. The Labute approximate surface area is 539 Å². The van der Waals surface area contributed by atoms with Crippen molar-refractivity contribution in [2.75, 3.05) is 33.3 Å². The Hall–Kier alpha value is -6.14. The van der Waals surface area contributed by atoms with Crippen LogP contribution < -0.4 is 21.3 Å². The Balaban J connectivity index is 0.962. The van der Waals surface area contributed by atoms with Gasteiger partial charge in [-0.25, -0.2) is 9.59 Å². The zero-order valence-corrected chi connectivity index (χ0v) is 53.9. The summed E-state index contributed by atoms with van der Waals surface area (Å²) in [7, 11) is 2.05. The number of carbonyl (C=O) groups excluding carboxylic acids is 2. The van der Waals surface area contributed by atoms with Gasteiger partial charge in [0.1, 0.15) is 17.3 Å². The quantitative estimate of drug-likeness (QED) is 0.0557. The van der Waals surface area contributed by atoms with Gasteiger partial charge in [0, 0.05) is 55.1 Å². The predicted octanol–water partition coefficient (Wildman–Crippen LogP) is 12.4. The minimum absolute atomic E-state index is 0.00593. The molecule has 12 aliphatic rings. The van der Waals surface area contributed by atoms with Crippen LogP contribution in [0.25, 0.3) is 16.7 Å². The summed E-state index contributed by atoms with van der Waals surface area (Å²) in [5.74, 6) is 7.83. The molecule has 91 heavy (non-hydrogen) atoms. The van der Waals surface area contributed by atoms with Crippen LogP contribution in [0.1, 0.15) is 169 Å². The molecule has 13 unspecified atom stereocenters. The fourth-order valence-electron chi connectivity index (χ4n) is 19.7. The molecule has 1 spiro atoms. The Morgan fingerprint density at radius 3 is 2.51 bits per heavy atom. The van der Waals surface area contributed by atoms with Crippen LogP contribution in [0.4, 0.5) is 0 Å². The van der Waals surface area contributed by atoms with Crippen molar-refractivity contribution in [2.24, 2.45) is 58.2 Å². The van der Waals surface area contributed by atoms with Crippen molar-refractivity contribution >= 4 is 17.5 Å². The van der Waals surface area contributed by atoms with Gasteiger partial charge in [0.2, 0.25) is 0 Å². The summed E-state index contributed by atoms with van der Waals surface area (Å²) in [6, 6.07) is 31.6. The average molecular weight is 1230 g/mol. The number of nitrogens with one attached hydrogen (secondary N) is 4. The Morgan fingerprint density at radius 1 is 0.824 bits per heavy atom. The van der Waals surface area contributed by atoms with Crippen molar-refractivity contribution in [1.82, 2.24) is 21.3 Å². The van der Waals surface area contributed by atoms with Gasteiger partial charge in [0.25, 0.3) is 0 Å². The Bertz CT molecular complexity index is 3620. The summed E-state index contributed by atoms with van der Waals surface area (Å²) in [5.41, 5.74) is 8.76. The van der Waals surface area contributed by atoms with Crippen LogP contribution in [0.5, 0.6) is 5.75 Å². The molecule has 6 aliphatic heterocycles. The highest BCUT2D eigenvalue weighted by Crippen LogP contribution is 2.72. The van der Waals surface area contributed by atoms with E-state index in [0.717, 1.165) is 143 Å². The predicted molar refractivity (Wildman–Crippen MR) is 355 cm³/mol. The zero-order chi connectivity index (χ0) is 62.7. The lowest BCUT2D eigenvalue weighted by molar-refractivity contribution is -0.135. The van der Waals surface area contributed by atoms with Crippen LogP contribution in [-0.2, 0) is 44.9 Å². The van der Waals surface area contributed by atoms with Crippen molar-refractivity contribution in [3.63, 3.8) is 0 Å². The summed E-state index contributed by atoms with van der Waals surface area (Å²) in [5, 5.41) is 62.7. The monoisotopic (exact) mass is 1230 g/mol. The number of phenolic OH excluding ortho intramolecular Hbond substituents is 1. The van der Waals surface area contributed by atoms with E-state index in [1.807, 2.05) is 25.1 Å². The van der Waals surface area contributed by atoms with Gasteiger partial charge in [-0.3, -0.25) is 0 Å². The first-order valence-corrected chi connectivity index (χ1v) is 35.0. The summed E-state index contributed by atoms with van der Waals surface area (Å²) < 4.78 is 13.7. The third-order valence-corrected chi connectivity index (χ3v) is 24.2. The number of benzene rings is 4. The lowest BCUT2D eigenvalue weighted by Crippen LogP contribution is -2.52. The van der Waals surface area contributed by atoms with Crippen molar-refractivity contribution in [1.29, 1.82) is 0 Å². The van der Waals surface area contributed by atoms with E-state index in [0.29, 0.717) is 80.2 Å². The highest BCUT2D eigenvalue weighted by atomic mass is 16.6. The molecule has 12 heteroatoms. The summed E-state index contributed by atoms with van der Waals surface area (Å²) in [6.07, 6.45) is 21.2. The van der Waals surface area contributed by atoms with Crippen LogP contribution >= 0.6 is 0 Å². The van der Waals surface area contributed by atoms with E-state index in [1.165, 1.54) is 22.3 Å². The molecule has 13 atom stereocenters. The molecule has 0 radical (unpaired) electrons. The zero-order valence-electron chi connectivity index (χ0n) is 53.9. The number of esters is 2. The number of phenols is 1. The molecule has 4 aromatic rings. The van der Waals surface area contributed by atoms with Crippen molar-refractivity contribution < 1.29 is 39.5 Å². The maximum Gasteiger partial charge on any atom is 0.340 e. The first-order chi connectivity index (χ1) is 44.2. The molecule has 4 aromatic carbocycles. The standard InChI is InChI=1S/C79H96N4O8/c1-4-49(38-50-14-7-5-8-15-50)41-67-79-34-26-60-61-24-25-62-66(90-74(86)70(62)71(61)79)27-33-77(56-29-36-82-68(43-56)80-3)45-55-42-57(78(89)31-9-6-10-32-78)19-12-30-76(2,88)48-83-73(65(55)46-77)63-40-51(20-21-53(63)18-13-37-84)28-35-81-47-52-16-11-17-54(39-52)59-23-22-58(85)44-64(59)69(60)72(79)75(87)91-67/h5,7-8,11,14-17,20-23,27,39-41,44,49,55-57,60-61,65,68,71,73,80-85,88-89H,4,6,9-10,13,18,24-26,28-38,42-43,45-48H2,1-3H3. The molecule has 2 saturated heterocycles. The van der Waals surface area contributed by atoms with Gasteiger partial charge >= 0.3 is 11.9 Å². The largest absolute Gasteiger partial charge is 0.508 e. The molecule has 6 aliphatic carbocycles. The van der Waals surface area contributed by atoms with Crippen molar-refractivity contribution in [3.05, 3.63) is 165 Å². The molecular formula is C79H96N4O8. The van der Waals surface area contributed by atoms with Gasteiger partial charge < -0.3 is 51.2 Å². The van der Waals surface area contributed by atoms with Crippen LogP contribution in [-0.4, -0.2) is 83.0 Å². The molecule has 480 valence electrons. The van der Waals surface area contributed by atoms with Crippen LogP contribution in [0.15, 0.2) is 131 Å². The van der Waals surface area contributed by atoms with Crippen molar-refractivity contribution in [3.8, 4) is 28.7 Å². The maximum atomic E-state index is 15.6. The third kappa shape index (κ3) is 11.7. The van der Waals surface area contributed by atoms with E-state index in [-0.39, 0.29) is 83.3 Å². The molecule has 8 N–H and O–H groups in total. The van der Waals surface area contributed by atoms with E-state index in [4.69, 9.17) is 9.47 Å². The summed E-state index contributed by atoms with van der Waals surface area (Å²) in [6.45, 7) is 6.75. The second kappa shape index (κ2) is 25.6. The fraction of sp³-hybridized carbons (Fsp3) is 0.544. The first-order valence-electron chi connectivity index (χ1n) is 35.0. The second-order valence-corrected chi connectivity index (χ2v) is 29.7. The molecular weight excluding hydrogens is 1130 g/mol. The minimum Gasteiger partial charge on any atom is -0.508 e. The van der Waals surface area contributed by atoms with Gasteiger partial charge in [0.05, 0.1) is 28.4 Å². The number of rotatable bonds is 10. The summed E-state index contributed by atoms with van der Waals surface area (Å²) in [4.78, 5) is 31.1. The maximum absolute atomic E-state index is 15.6. The number of aliphatic hydroxyl groups is 3. The molecule has 6 heterocycles. The number of carbonyl (C=O) groups is 2. The number of ether oxygens (including phenoxy) is 2. The first kappa shape index (κ1) is 62.3. The smallest absolute Gasteiger partial charge is 0.340 e. The number of allylic oxidation sites excluding steroid dienone is 5. The lowest BCUT2D eigenvalue weighted by atomic mass is 9.44. The van der Waals surface area contributed by atoms with E-state index < -0.39 is 16.6 Å². The molecule has 3 saturated carbocycles. The number of aliphatic hydroxyl groups excluding tert-OH is 1. The molecule has 16 rings (SSSR count). The number of piperidine rings is 1. The van der Waals surface area contributed by atoms with Gasteiger partial charge in [-0.15, -0.1) is 0 Å². The fourth-order valence-corrected chi connectivity index (χ4v) is 19.7. The highest BCUT2D eigenvalue weighted by Gasteiger charge is 2.69. The van der Waals surface area contributed by atoms with Crippen LogP contribution in [0.3, 0.4) is 0 Å². The third-order valence-electron chi connectivity index (χ3n) is 24.2. The van der Waals surface area contributed by atoms with E-state index >= 15 is 9.59 Å². The Kier molecular flexibility index (Phi) is 17.6. The highest BCUT2D eigenvalue weighted by molar-refractivity contribution is 6.07. The number of β-amino-alcohol motifs (C(OH)–C–C–N with tert-alkyl or cyclic N) is 1. The van der Waals surface area contributed by atoms with Crippen LogP contribution in [0, 0.1) is 70.0 Å². The minimum atomic E-state index is -1.14. The second-order valence-electron chi connectivity index (χ2n) is 29.7. The van der Waals surface area contributed by atoms with Gasteiger partial charge in [-0.1, -0.05) is 111 Å². The number of aryl methyl sites for hydroxylation is 1. The number of hydrogen-bond donors (Lipinski definition) is 8. The molecule has 14 bridgehead atoms. The SMILES string of the molecule is CCC(C=C1OC(=O)C2=C3c4cc(O)ccc4-c4cccc(c4)CNCCc4ccc(CCCO)c(c4)C4NCC(C)(O)CC#CC(C5(O)CCCCC5)CC5CC(C6CCNC(NC)C6)(CC=C6OC(=O)C7=C6CCC6C3CCC12C76)CC54)Cc1ccccc1. The summed E-state index contributed by atoms with van der Waals surface area (Å²) >= 11 is 0. The average Bonchev–Trinajstić information content (AvgIpc) is 1.61. The number of cyclic esters (lactones) is 1. The van der Waals surface area contributed by atoms with Gasteiger partial charge in [0.15, 0.2) is 0 Å². The van der Waals surface area contributed by atoms with Gasteiger partial charge in [-0.2, -0.15) is 0 Å². The van der Waals surface area contributed by atoms with Crippen molar-refractivity contribution in [2.45, 2.75) is 179 Å². The lowest BCUT2D eigenvalue weighted by Gasteiger charge is -2.56. The molecule has 5 fully saturated rings. The van der Waals surface area contributed by atoms with Gasteiger partial charge in [-0.05, 0) is 258 Å². The molecule has 12 nitrogen and oxygen atoms in total. The van der Waals surface area contributed by atoms with E-state index in [9.17, 15) is 20.4 Å². The number of hydrogen-bond acceptors (Lipinski definition) is 12. The number of fused-ring (bicyclic) bond motifs is 5. The normalized spacial score (nSPS) is 33.6. The Morgan fingerprint density at radius 2 is 1.68 bits per heavy atom. The van der Waals surface area contributed by atoms with Crippen LogP contribution in [0.2, 0.25) is 0 Å². The van der Waals surface area contributed by atoms with E-state index in [2.05, 4.69) is 126 Å². The molecule has 0 amide bonds.